The highest BCUT2D eigenvalue weighted by atomic mass is 16.5. The minimum atomic E-state index is -0.757. The fourth-order valence-corrected chi connectivity index (χ4v) is 3.30. The van der Waals surface area contributed by atoms with E-state index in [2.05, 4.69) is 10.6 Å². The van der Waals surface area contributed by atoms with Crippen LogP contribution in [0.15, 0.2) is 24.3 Å². The summed E-state index contributed by atoms with van der Waals surface area (Å²) in [4.78, 5) is 37.1. The van der Waals surface area contributed by atoms with E-state index < -0.39 is 18.0 Å². The normalized spacial score (nSPS) is 23.1. The average Bonchev–Trinajstić information content (AvgIpc) is 3.14. The van der Waals surface area contributed by atoms with Crippen molar-refractivity contribution in [1.82, 2.24) is 15.5 Å². The Morgan fingerprint density at radius 2 is 2.04 bits per heavy atom. The van der Waals surface area contributed by atoms with Crippen LogP contribution in [0.1, 0.15) is 24.8 Å². The second-order valence-electron chi connectivity index (χ2n) is 6.15. The summed E-state index contributed by atoms with van der Waals surface area (Å²) in [6.45, 7) is 0.696. The van der Waals surface area contributed by atoms with Gasteiger partial charge < -0.3 is 15.0 Å². The minimum absolute atomic E-state index is 0.0106. The predicted octanol–water partition coefficient (Wildman–Crippen LogP) is 0.827. The molecule has 0 spiro atoms. The maximum atomic E-state index is 12.5. The monoisotopic (exact) mass is 331 g/mol. The molecule has 2 N–H and O–H groups in total. The molecule has 128 valence electrons. The Kier molecular flexibility index (Phi) is 4.69. The first-order valence-electron chi connectivity index (χ1n) is 8.10. The lowest BCUT2D eigenvalue weighted by molar-refractivity contribution is -0.134. The highest BCUT2D eigenvalue weighted by Gasteiger charge is 2.35. The number of nitrogens with one attached hydrogen (secondary N) is 2. The number of urea groups is 1. The van der Waals surface area contributed by atoms with Gasteiger partial charge in [-0.25, -0.2) is 4.79 Å². The summed E-state index contributed by atoms with van der Waals surface area (Å²) >= 11 is 0. The van der Waals surface area contributed by atoms with E-state index in [1.54, 1.807) is 7.11 Å². The second kappa shape index (κ2) is 6.90. The molecule has 0 unspecified atom stereocenters. The number of hydrogen-bond donors (Lipinski definition) is 2. The van der Waals surface area contributed by atoms with Crippen molar-refractivity contribution in [3.05, 3.63) is 29.8 Å². The maximum absolute atomic E-state index is 12.5. The lowest BCUT2D eigenvalue weighted by Crippen LogP contribution is -2.41. The third kappa shape index (κ3) is 3.50. The summed E-state index contributed by atoms with van der Waals surface area (Å²) in [5, 5.41) is 4.63. The van der Waals surface area contributed by atoms with Crippen molar-refractivity contribution < 1.29 is 19.1 Å². The first-order valence-corrected chi connectivity index (χ1v) is 8.10. The molecule has 4 amide bonds. The third-order valence-electron chi connectivity index (χ3n) is 4.57. The summed E-state index contributed by atoms with van der Waals surface area (Å²) in [5.41, 5.74) is 1.15. The van der Waals surface area contributed by atoms with Gasteiger partial charge >= 0.3 is 6.03 Å². The zero-order valence-electron chi connectivity index (χ0n) is 13.6. The van der Waals surface area contributed by atoms with Gasteiger partial charge in [0.05, 0.1) is 13.5 Å². The van der Waals surface area contributed by atoms with Crippen LogP contribution in [0, 0.1) is 0 Å². The Hall–Kier alpha value is -2.57. The van der Waals surface area contributed by atoms with Crippen molar-refractivity contribution in [3.8, 4) is 5.75 Å². The number of ether oxygens (including phenoxy) is 1. The van der Waals surface area contributed by atoms with Gasteiger partial charge in [0.25, 0.3) is 5.91 Å². The Bertz CT molecular complexity index is 644. The number of nitrogens with zero attached hydrogens (tertiary/aromatic N) is 1. The number of likely N-dealkylation sites (tertiary alicyclic amines) is 1. The number of benzene rings is 1. The van der Waals surface area contributed by atoms with Crippen LogP contribution in [0.25, 0.3) is 0 Å². The number of amides is 4. The molecule has 1 aromatic carbocycles. The molecule has 0 saturated carbocycles. The molecule has 0 bridgehead atoms. The molecule has 2 fully saturated rings. The molecule has 2 aliphatic heterocycles. The van der Waals surface area contributed by atoms with Gasteiger partial charge in [-0.1, -0.05) is 12.1 Å². The highest BCUT2D eigenvalue weighted by molar-refractivity contribution is 6.05. The quantitative estimate of drug-likeness (QED) is 0.782. The van der Waals surface area contributed by atoms with Gasteiger partial charge in [-0.05, 0) is 37.0 Å². The van der Waals surface area contributed by atoms with Crippen LogP contribution in [-0.4, -0.2) is 48.5 Å². The van der Waals surface area contributed by atoms with Crippen LogP contribution in [0.2, 0.25) is 0 Å². The van der Waals surface area contributed by atoms with Crippen LogP contribution in [0.5, 0.6) is 5.75 Å². The van der Waals surface area contributed by atoms with Crippen LogP contribution in [0.3, 0.4) is 0 Å². The van der Waals surface area contributed by atoms with Gasteiger partial charge in [0.1, 0.15) is 11.8 Å². The van der Waals surface area contributed by atoms with Gasteiger partial charge in [0.15, 0.2) is 0 Å². The first kappa shape index (κ1) is 16.3. The SMILES string of the molecule is COc1ccc(C[C@@H]2CCCN2C(=O)C[C@H]2NC(=O)NC2=O)cc1. The molecule has 7 heteroatoms. The van der Waals surface area contributed by atoms with Crippen molar-refractivity contribution in [1.29, 1.82) is 0 Å². The molecule has 1 aromatic rings. The Labute approximate surface area is 140 Å². The number of carbonyl (C=O) groups is 3. The molecular formula is C17H21N3O4. The zero-order valence-corrected chi connectivity index (χ0v) is 13.6. The number of imide groups is 1. The molecular weight excluding hydrogens is 310 g/mol. The standard InChI is InChI=1S/C17H21N3O4/c1-24-13-6-4-11(5-7-13)9-12-3-2-8-20(12)15(21)10-14-16(22)19-17(23)18-14/h4-7,12,14H,2-3,8-10H2,1H3,(H2,18,19,22,23)/t12-,14+/m0/s1. The van der Waals surface area contributed by atoms with Crippen molar-refractivity contribution >= 4 is 17.8 Å². The maximum Gasteiger partial charge on any atom is 0.322 e. The fraction of sp³-hybridized carbons (Fsp3) is 0.471. The Balaban J connectivity index is 1.60. The summed E-state index contributed by atoms with van der Waals surface area (Å²) in [5.74, 6) is 0.286. The van der Waals surface area contributed by atoms with E-state index in [0.717, 1.165) is 30.6 Å². The van der Waals surface area contributed by atoms with E-state index in [9.17, 15) is 14.4 Å². The van der Waals surface area contributed by atoms with E-state index >= 15 is 0 Å². The van der Waals surface area contributed by atoms with Crippen LogP contribution >= 0.6 is 0 Å². The second-order valence-corrected chi connectivity index (χ2v) is 6.15. The number of methoxy groups -OCH3 is 1. The van der Waals surface area contributed by atoms with Crippen molar-refractivity contribution in [2.45, 2.75) is 37.8 Å². The smallest absolute Gasteiger partial charge is 0.322 e. The van der Waals surface area contributed by atoms with E-state index in [1.807, 2.05) is 29.2 Å². The molecule has 2 heterocycles. The Morgan fingerprint density at radius 1 is 1.29 bits per heavy atom. The molecule has 3 rings (SSSR count). The molecule has 2 atom stereocenters. The zero-order chi connectivity index (χ0) is 17.1. The van der Waals surface area contributed by atoms with Crippen molar-refractivity contribution in [3.63, 3.8) is 0 Å². The van der Waals surface area contributed by atoms with Gasteiger partial charge in [-0.15, -0.1) is 0 Å². The summed E-state index contributed by atoms with van der Waals surface area (Å²) in [7, 11) is 1.63. The largest absolute Gasteiger partial charge is 0.497 e. The van der Waals surface area contributed by atoms with Crippen LogP contribution < -0.4 is 15.4 Å². The van der Waals surface area contributed by atoms with Crippen molar-refractivity contribution in [2.75, 3.05) is 13.7 Å². The van der Waals surface area contributed by atoms with Gasteiger partial charge in [-0.2, -0.15) is 0 Å². The number of carbonyl (C=O) groups excluding carboxylic acids is 3. The average molecular weight is 331 g/mol. The van der Waals surface area contributed by atoms with E-state index in [-0.39, 0.29) is 18.4 Å². The first-order chi connectivity index (χ1) is 11.6. The van der Waals surface area contributed by atoms with E-state index in [0.29, 0.717) is 6.54 Å². The molecule has 24 heavy (non-hydrogen) atoms. The summed E-state index contributed by atoms with van der Waals surface area (Å²) in [6, 6.07) is 6.67. The van der Waals surface area contributed by atoms with Gasteiger partial charge in [0.2, 0.25) is 5.91 Å². The molecule has 2 saturated heterocycles. The Morgan fingerprint density at radius 3 is 2.67 bits per heavy atom. The van der Waals surface area contributed by atoms with E-state index in [1.165, 1.54) is 0 Å². The minimum Gasteiger partial charge on any atom is -0.497 e. The van der Waals surface area contributed by atoms with Crippen molar-refractivity contribution in [2.24, 2.45) is 0 Å². The third-order valence-corrected chi connectivity index (χ3v) is 4.57. The number of rotatable bonds is 5. The topological polar surface area (TPSA) is 87.7 Å². The van der Waals surface area contributed by atoms with Gasteiger partial charge in [0, 0.05) is 12.6 Å². The number of hydrogen-bond acceptors (Lipinski definition) is 4. The highest BCUT2D eigenvalue weighted by Crippen LogP contribution is 2.23. The molecule has 0 aliphatic carbocycles. The van der Waals surface area contributed by atoms with Crippen LogP contribution in [0.4, 0.5) is 4.79 Å². The molecule has 0 aromatic heterocycles. The summed E-state index contributed by atoms with van der Waals surface area (Å²) < 4.78 is 5.15. The van der Waals surface area contributed by atoms with Gasteiger partial charge in [-0.3, -0.25) is 14.9 Å². The molecule has 2 aliphatic rings. The predicted molar refractivity (Wildman–Crippen MR) is 86.5 cm³/mol. The van der Waals surface area contributed by atoms with E-state index in [4.69, 9.17) is 4.74 Å². The molecule has 0 radical (unpaired) electrons. The lowest BCUT2D eigenvalue weighted by atomic mass is 10.0. The fourth-order valence-electron chi connectivity index (χ4n) is 3.30. The lowest BCUT2D eigenvalue weighted by Gasteiger charge is -2.25. The molecule has 7 nitrogen and oxygen atoms in total. The van der Waals surface area contributed by atoms with Crippen LogP contribution in [-0.2, 0) is 16.0 Å². The summed E-state index contributed by atoms with van der Waals surface area (Å²) in [6.07, 6.45) is 2.69.